The molecule has 0 aliphatic carbocycles. The normalized spacial score (nSPS) is 10.9. The Bertz CT molecular complexity index is 1640. The van der Waals surface area contributed by atoms with Crippen molar-refractivity contribution in [1.82, 2.24) is 10.5 Å². The zero-order valence-corrected chi connectivity index (χ0v) is 20.6. The Morgan fingerprint density at radius 3 is 2.41 bits per heavy atom. The molecule has 0 radical (unpaired) electrons. The fourth-order valence-corrected chi connectivity index (χ4v) is 4.48. The number of amides is 3. The zero-order chi connectivity index (χ0) is 26.1. The monoisotopic (exact) mass is 537 g/mol. The maximum absolute atomic E-state index is 13.9. The van der Waals surface area contributed by atoms with Crippen LogP contribution in [0.2, 0.25) is 10.0 Å². The fraction of sp³-hybridized carbons (Fsp3) is 0.0385. The van der Waals surface area contributed by atoms with E-state index in [0.717, 1.165) is 0 Å². The average molecular weight is 538 g/mol. The first-order chi connectivity index (χ1) is 17.9. The van der Waals surface area contributed by atoms with Crippen LogP contribution in [0, 0.1) is 0 Å². The number of rotatable bonds is 5. The number of furan rings is 1. The highest BCUT2D eigenvalue weighted by Gasteiger charge is 2.31. The molecular formula is C26H17Cl2N3O6. The van der Waals surface area contributed by atoms with E-state index in [0.29, 0.717) is 38.5 Å². The van der Waals surface area contributed by atoms with Crippen molar-refractivity contribution in [3.63, 3.8) is 0 Å². The van der Waals surface area contributed by atoms with E-state index in [-0.39, 0.29) is 26.9 Å². The van der Waals surface area contributed by atoms with Gasteiger partial charge in [-0.05, 0) is 42.5 Å². The van der Waals surface area contributed by atoms with Crippen molar-refractivity contribution in [3.8, 4) is 17.2 Å². The van der Waals surface area contributed by atoms with E-state index in [1.54, 1.807) is 18.2 Å². The Labute approximate surface area is 219 Å². The van der Waals surface area contributed by atoms with Crippen molar-refractivity contribution >= 4 is 62.8 Å². The van der Waals surface area contributed by atoms with Crippen LogP contribution < -0.4 is 19.9 Å². The van der Waals surface area contributed by atoms with Gasteiger partial charge in [-0.25, -0.2) is 15.2 Å². The van der Waals surface area contributed by atoms with Crippen LogP contribution in [0.3, 0.4) is 0 Å². The molecule has 0 aliphatic rings. The summed E-state index contributed by atoms with van der Waals surface area (Å²) in [5.41, 5.74) is 2.09. The van der Waals surface area contributed by atoms with Crippen molar-refractivity contribution < 1.29 is 28.7 Å². The van der Waals surface area contributed by atoms with Crippen LogP contribution in [0.1, 0.15) is 10.4 Å². The van der Waals surface area contributed by atoms with Crippen molar-refractivity contribution in [2.45, 2.75) is 0 Å². The lowest BCUT2D eigenvalue weighted by atomic mass is 10.0. The molecule has 5 rings (SSSR count). The van der Waals surface area contributed by atoms with E-state index in [2.05, 4.69) is 4.98 Å². The summed E-state index contributed by atoms with van der Waals surface area (Å²) in [7, 11) is 1.47. The molecular weight excluding hydrogens is 521 g/mol. The van der Waals surface area contributed by atoms with E-state index >= 15 is 0 Å². The lowest BCUT2D eigenvalue weighted by Gasteiger charge is -2.22. The van der Waals surface area contributed by atoms with Crippen molar-refractivity contribution in [2.75, 3.05) is 12.0 Å². The van der Waals surface area contributed by atoms with Gasteiger partial charge >= 0.3 is 6.03 Å². The lowest BCUT2D eigenvalue weighted by Crippen LogP contribution is -2.43. The molecule has 0 fully saturated rings. The lowest BCUT2D eigenvalue weighted by molar-refractivity contribution is 0.0981. The summed E-state index contributed by atoms with van der Waals surface area (Å²) in [6.07, 6.45) is 2.44. The van der Waals surface area contributed by atoms with Crippen molar-refractivity contribution in [3.05, 3.63) is 88.7 Å². The number of anilines is 1. The largest absolute Gasteiger partial charge is 0.493 e. The number of hydrogen-bond donors (Lipinski definition) is 2. The number of nitrogens with one attached hydrogen (secondary N) is 1. The first-order valence-electron chi connectivity index (χ1n) is 10.8. The zero-order valence-electron chi connectivity index (χ0n) is 19.1. The molecule has 2 aromatic heterocycles. The maximum Gasteiger partial charge on any atom is 0.352 e. The summed E-state index contributed by atoms with van der Waals surface area (Å²) in [4.78, 5) is 31.0. The topological polar surface area (TPSA) is 114 Å². The molecule has 37 heavy (non-hydrogen) atoms. The van der Waals surface area contributed by atoms with Crippen molar-refractivity contribution in [1.29, 1.82) is 0 Å². The average Bonchev–Trinajstić information content (AvgIpc) is 3.29. The van der Waals surface area contributed by atoms with E-state index in [4.69, 9.17) is 37.1 Å². The molecule has 9 nitrogen and oxygen atoms in total. The van der Waals surface area contributed by atoms with Gasteiger partial charge in [0.2, 0.25) is 0 Å². The minimum Gasteiger partial charge on any atom is -0.493 e. The standard InChI is InChI=1S/C26H17Cl2N3O6/c1-35-21-10-8-16(25(32)31(26(33)30-34)23-18(27)12-29-13-19(23)28)22-17-11-15(7-9-20(17)37-24(21)22)36-14-5-3-2-4-6-14/h2-13,34H,1H3,(H,30,33). The molecule has 11 heteroatoms. The first kappa shape index (κ1) is 24.4. The second-order valence-corrected chi connectivity index (χ2v) is 8.52. The third kappa shape index (κ3) is 4.40. The number of carbonyl (C=O) groups excluding carboxylic acids is 2. The molecule has 0 saturated heterocycles. The Hall–Kier alpha value is -4.31. The van der Waals surface area contributed by atoms with Crippen LogP contribution in [-0.4, -0.2) is 29.2 Å². The Kier molecular flexibility index (Phi) is 6.58. The summed E-state index contributed by atoms with van der Waals surface area (Å²) in [6, 6.07) is 16.2. The molecule has 3 amide bonds. The van der Waals surface area contributed by atoms with Gasteiger partial charge in [0.1, 0.15) is 17.1 Å². The summed E-state index contributed by atoms with van der Waals surface area (Å²) in [5.74, 6) is 0.641. The number of halogens is 2. The van der Waals surface area contributed by atoms with Crippen LogP contribution in [-0.2, 0) is 0 Å². The predicted octanol–water partition coefficient (Wildman–Crippen LogP) is 6.83. The van der Waals surface area contributed by atoms with E-state index in [1.165, 1.54) is 37.1 Å². The predicted molar refractivity (Wildman–Crippen MR) is 138 cm³/mol. The summed E-state index contributed by atoms with van der Waals surface area (Å²) in [6.45, 7) is 0. The highest BCUT2D eigenvalue weighted by molar-refractivity contribution is 6.42. The number of nitrogens with zero attached hydrogens (tertiary/aromatic N) is 2. The number of hydrogen-bond acceptors (Lipinski definition) is 7. The van der Waals surface area contributed by atoms with Gasteiger partial charge in [0, 0.05) is 23.2 Å². The van der Waals surface area contributed by atoms with Gasteiger partial charge < -0.3 is 13.9 Å². The second kappa shape index (κ2) is 9.98. The molecule has 3 aromatic carbocycles. The highest BCUT2D eigenvalue weighted by Crippen LogP contribution is 2.41. The van der Waals surface area contributed by atoms with E-state index < -0.39 is 11.9 Å². The van der Waals surface area contributed by atoms with E-state index in [1.807, 2.05) is 30.3 Å². The van der Waals surface area contributed by atoms with Crippen LogP contribution in [0.5, 0.6) is 17.2 Å². The SMILES string of the molecule is COc1ccc(C(=O)N(C(=O)NO)c2c(Cl)cncc2Cl)c2c1oc1ccc(Oc3ccccc3)cc12. The Balaban J connectivity index is 1.72. The van der Waals surface area contributed by atoms with Crippen molar-refractivity contribution in [2.24, 2.45) is 0 Å². The second-order valence-electron chi connectivity index (χ2n) is 7.70. The van der Waals surface area contributed by atoms with Gasteiger partial charge in [0.15, 0.2) is 11.3 Å². The number of hydroxylamine groups is 1. The Morgan fingerprint density at radius 1 is 1.00 bits per heavy atom. The minimum atomic E-state index is -1.18. The van der Waals surface area contributed by atoms with Crippen LogP contribution in [0.25, 0.3) is 21.9 Å². The molecule has 186 valence electrons. The van der Waals surface area contributed by atoms with Gasteiger partial charge in [0.05, 0.1) is 28.4 Å². The summed E-state index contributed by atoms with van der Waals surface area (Å²) in [5, 5.41) is 10.1. The third-order valence-corrected chi connectivity index (χ3v) is 6.09. The number of imide groups is 1. The number of pyridine rings is 1. The number of para-hydroxylation sites is 1. The molecule has 0 atom stereocenters. The first-order valence-corrected chi connectivity index (χ1v) is 11.5. The number of fused-ring (bicyclic) bond motifs is 3. The molecule has 0 spiro atoms. The molecule has 0 aliphatic heterocycles. The number of methoxy groups -OCH3 is 1. The van der Waals surface area contributed by atoms with Crippen LogP contribution >= 0.6 is 23.2 Å². The van der Waals surface area contributed by atoms with Gasteiger partial charge in [-0.1, -0.05) is 41.4 Å². The Morgan fingerprint density at radius 2 is 1.73 bits per heavy atom. The minimum absolute atomic E-state index is 0.0546. The number of benzene rings is 3. The number of urea groups is 1. The molecule has 0 saturated carbocycles. The summed E-state index contributed by atoms with van der Waals surface area (Å²) >= 11 is 12.5. The highest BCUT2D eigenvalue weighted by atomic mass is 35.5. The van der Waals surface area contributed by atoms with Crippen LogP contribution in [0.4, 0.5) is 10.5 Å². The van der Waals surface area contributed by atoms with Gasteiger partial charge in [0.25, 0.3) is 5.91 Å². The van der Waals surface area contributed by atoms with Gasteiger partial charge in [-0.15, -0.1) is 0 Å². The maximum atomic E-state index is 13.9. The number of carbonyl (C=O) groups is 2. The molecule has 2 heterocycles. The smallest absolute Gasteiger partial charge is 0.352 e. The number of ether oxygens (including phenoxy) is 2. The quantitative estimate of drug-likeness (QED) is 0.186. The fourth-order valence-electron chi connectivity index (χ4n) is 3.95. The van der Waals surface area contributed by atoms with Gasteiger partial charge in [-0.3, -0.25) is 15.0 Å². The molecule has 0 unspecified atom stereocenters. The third-order valence-electron chi connectivity index (χ3n) is 5.54. The van der Waals surface area contributed by atoms with Gasteiger partial charge in [-0.2, -0.15) is 0 Å². The molecule has 5 aromatic rings. The molecule has 2 N–H and O–H groups in total. The molecule has 0 bridgehead atoms. The summed E-state index contributed by atoms with van der Waals surface area (Å²) < 4.78 is 17.4. The van der Waals surface area contributed by atoms with Crippen LogP contribution in [0.15, 0.2) is 77.5 Å². The number of aromatic nitrogens is 1. The van der Waals surface area contributed by atoms with E-state index in [9.17, 15) is 14.8 Å².